The number of benzene rings is 1. The third-order valence-corrected chi connectivity index (χ3v) is 5.52. The van der Waals surface area contributed by atoms with Gasteiger partial charge in [-0.05, 0) is 24.1 Å². The zero-order valence-corrected chi connectivity index (χ0v) is 12.4. The second kappa shape index (κ2) is 5.53. The van der Waals surface area contributed by atoms with E-state index >= 15 is 0 Å². The summed E-state index contributed by atoms with van der Waals surface area (Å²) in [7, 11) is -3.96. The van der Waals surface area contributed by atoms with Crippen molar-refractivity contribution in [2.75, 3.05) is 13.1 Å². The van der Waals surface area contributed by atoms with E-state index in [-0.39, 0.29) is 29.9 Å². The lowest BCUT2D eigenvalue weighted by atomic mass is 10.1. The topological polar surface area (TPSA) is 87.2 Å². The summed E-state index contributed by atoms with van der Waals surface area (Å²) in [5.74, 6) is -0.0420. The molecule has 1 aliphatic heterocycles. The van der Waals surface area contributed by atoms with E-state index in [1.54, 1.807) is 6.92 Å². The maximum atomic E-state index is 12.7. The van der Waals surface area contributed by atoms with Crippen LogP contribution in [0.2, 0.25) is 0 Å². The molecule has 22 heavy (non-hydrogen) atoms. The van der Waals surface area contributed by atoms with Crippen LogP contribution in [0.25, 0.3) is 0 Å². The SMILES string of the molecule is CC1CN(S(=O)(=O)c2ccc(C(F)(F)F)c(C#N)c2)CC1N. The van der Waals surface area contributed by atoms with Crippen molar-refractivity contribution in [1.82, 2.24) is 4.31 Å². The summed E-state index contributed by atoms with van der Waals surface area (Å²) >= 11 is 0. The summed E-state index contributed by atoms with van der Waals surface area (Å²) in [5.41, 5.74) is 3.90. The monoisotopic (exact) mass is 333 g/mol. The molecule has 0 aromatic heterocycles. The molecule has 0 amide bonds. The number of alkyl halides is 3. The van der Waals surface area contributed by atoms with Gasteiger partial charge in [0.15, 0.2) is 0 Å². The van der Waals surface area contributed by atoms with E-state index in [1.807, 2.05) is 0 Å². The average molecular weight is 333 g/mol. The van der Waals surface area contributed by atoms with Crippen LogP contribution in [0, 0.1) is 17.2 Å². The minimum atomic E-state index is -4.71. The maximum Gasteiger partial charge on any atom is 0.417 e. The first kappa shape index (κ1) is 16.7. The average Bonchev–Trinajstić information content (AvgIpc) is 2.77. The fourth-order valence-electron chi connectivity index (χ4n) is 2.32. The van der Waals surface area contributed by atoms with E-state index in [0.29, 0.717) is 6.07 Å². The lowest BCUT2D eigenvalue weighted by Gasteiger charge is -2.17. The van der Waals surface area contributed by atoms with Crippen molar-refractivity contribution >= 4 is 10.0 Å². The van der Waals surface area contributed by atoms with Crippen molar-refractivity contribution in [3.63, 3.8) is 0 Å². The third kappa shape index (κ3) is 2.95. The molecule has 1 aliphatic rings. The van der Waals surface area contributed by atoms with Crippen molar-refractivity contribution in [2.24, 2.45) is 11.7 Å². The maximum absolute atomic E-state index is 12.7. The van der Waals surface area contributed by atoms with Crippen molar-refractivity contribution in [2.45, 2.75) is 24.0 Å². The van der Waals surface area contributed by atoms with Gasteiger partial charge < -0.3 is 5.73 Å². The molecule has 0 aliphatic carbocycles. The Balaban J connectivity index is 2.44. The van der Waals surface area contributed by atoms with Gasteiger partial charge in [-0.1, -0.05) is 6.92 Å². The number of hydrogen-bond donors (Lipinski definition) is 1. The molecule has 2 unspecified atom stereocenters. The summed E-state index contributed by atoms with van der Waals surface area (Å²) in [6.45, 7) is 2.10. The number of nitrogens with zero attached hydrogens (tertiary/aromatic N) is 2. The molecule has 2 rings (SSSR count). The van der Waals surface area contributed by atoms with E-state index in [9.17, 15) is 21.6 Å². The van der Waals surface area contributed by atoms with Gasteiger partial charge in [0.05, 0.1) is 22.1 Å². The van der Waals surface area contributed by atoms with Gasteiger partial charge in [0.25, 0.3) is 0 Å². The van der Waals surface area contributed by atoms with Crippen LogP contribution in [0.1, 0.15) is 18.1 Å². The first-order valence-electron chi connectivity index (χ1n) is 6.44. The Bertz CT molecular complexity index is 715. The van der Waals surface area contributed by atoms with Crippen LogP contribution in [0.4, 0.5) is 13.2 Å². The normalized spacial score (nSPS) is 23.5. The van der Waals surface area contributed by atoms with Gasteiger partial charge in [-0.2, -0.15) is 22.7 Å². The molecular weight excluding hydrogens is 319 g/mol. The molecule has 1 saturated heterocycles. The first-order valence-corrected chi connectivity index (χ1v) is 7.88. The molecule has 2 atom stereocenters. The Kier molecular flexibility index (Phi) is 4.21. The van der Waals surface area contributed by atoms with E-state index in [4.69, 9.17) is 11.0 Å². The molecule has 0 bridgehead atoms. The first-order chi connectivity index (χ1) is 10.1. The molecule has 9 heteroatoms. The number of halogens is 3. The van der Waals surface area contributed by atoms with E-state index in [1.165, 1.54) is 6.07 Å². The molecule has 1 fully saturated rings. The molecule has 2 N–H and O–H groups in total. The van der Waals surface area contributed by atoms with Crippen LogP contribution in [0.3, 0.4) is 0 Å². The van der Waals surface area contributed by atoms with Gasteiger partial charge >= 0.3 is 6.18 Å². The molecule has 0 radical (unpaired) electrons. The minimum Gasteiger partial charge on any atom is -0.326 e. The summed E-state index contributed by atoms with van der Waals surface area (Å²) in [4.78, 5) is -0.335. The third-order valence-electron chi connectivity index (χ3n) is 3.69. The number of hydrogen-bond acceptors (Lipinski definition) is 4. The predicted molar refractivity (Wildman–Crippen MR) is 72.1 cm³/mol. The quantitative estimate of drug-likeness (QED) is 0.889. The zero-order chi connectivity index (χ0) is 16.7. The zero-order valence-electron chi connectivity index (χ0n) is 11.6. The fraction of sp³-hybridized carbons (Fsp3) is 0.462. The molecular formula is C13H14F3N3O2S. The van der Waals surface area contributed by atoms with Crippen LogP contribution < -0.4 is 5.73 Å². The number of nitriles is 1. The summed E-state index contributed by atoms with van der Waals surface area (Å²) in [6, 6.07) is 3.32. The van der Waals surface area contributed by atoms with E-state index in [0.717, 1.165) is 16.4 Å². The van der Waals surface area contributed by atoms with Crippen LogP contribution in [0.5, 0.6) is 0 Å². The number of rotatable bonds is 2. The van der Waals surface area contributed by atoms with E-state index in [2.05, 4.69) is 0 Å². The molecule has 5 nitrogen and oxygen atoms in total. The molecule has 1 aromatic carbocycles. The Labute approximate surface area is 126 Å². The second-order valence-electron chi connectivity index (χ2n) is 5.28. The van der Waals surface area contributed by atoms with Crippen LogP contribution in [-0.4, -0.2) is 31.9 Å². The second-order valence-corrected chi connectivity index (χ2v) is 7.22. The molecule has 1 aromatic rings. The molecule has 120 valence electrons. The van der Waals surface area contributed by atoms with E-state index < -0.39 is 27.3 Å². The molecule has 0 spiro atoms. The van der Waals surface area contributed by atoms with Gasteiger partial charge in [-0.25, -0.2) is 8.42 Å². The Morgan fingerprint density at radius 1 is 1.36 bits per heavy atom. The van der Waals surface area contributed by atoms with Gasteiger partial charge in [-0.3, -0.25) is 0 Å². The van der Waals surface area contributed by atoms with Crippen molar-refractivity contribution in [3.8, 4) is 6.07 Å². The van der Waals surface area contributed by atoms with Gasteiger partial charge in [-0.15, -0.1) is 0 Å². The Morgan fingerprint density at radius 3 is 2.45 bits per heavy atom. The standard InChI is InChI=1S/C13H14F3N3O2S/c1-8-6-19(7-12(8)18)22(20,21)10-2-3-11(13(14,15)16)9(4-10)5-17/h2-4,8,12H,6-7,18H2,1H3. The molecule has 0 saturated carbocycles. The minimum absolute atomic E-state index is 0.0420. The van der Waals surface area contributed by atoms with Gasteiger partial charge in [0.2, 0.25) is 10.0 Å². The van der Waals surface area contributed by atoms with Crippen molar-refractivity contribution in [3.05, 3.63) is 29.3 Å². The summed E-state index contributed by atoms with van der Waals surface area (Å²) < 4.78 is 64.2. The lowest BCUT2D eigenvalue weighted by molar-refractivity contribution is -0.137. The van der Waals surface area contributed by atoms with Crippen molar-refractivity contribution in [1.29, 1.82) is 5.26 Å². The van der Waals surface area contributed by atoms with Crippen molar-refractivity contribution < 1.29 is 21.6 Å². The Morgan fingerprint density at radius 2 is 2.00 bits per heavy atom. The van der Waals surface area contributed by atoms with Crippen LogP contribution in [0.15, 0.2) is 23.1 Å². The Hall–Kier alpha value is -1.63. The largest absolute Gasteiger partial charge is 0.417 e. The highest BCUT2D eigenvalue weighted by Crippen LogP contribution is 2.33. The van der Waals surface area contributed by atoms with Crippen LogP contribution in [-0.2, 0) is 16.2 Å². The highest BCUT2D eigenvalue weighted by Gasteiger charge is 2.37. The highest BCUT2D eigenvalue weighted by molar-refractivity contribution is 7.89. The number of nitrogens with two attached hydrogens (primary N) is 1. The number of sulfonamides is 1. The van der Waals surface area contributed by atoms with Crippen LogP contribution >= 0.6 is 0 Å². The predicted octanol–water partition coefficient (Wildman–Crippen LogP) is 1.54. The van der Waals surface area contributed by atoms with Gasteiger partial charge in [0.1, 0.15) is 0 Å². The fourth-order valence-corrected chi connectivity index (χ4v) is 3.92. The van der Waals surface area contributed by atoms with Gasteiger partial charge in [0, 0.05) is 19.1 Å². The summed E-state index contributed by atoms with van der Waals surface area (Å²) in [5, 5.41) is 8.84. The smallest absolute Gasteiger partial charge is 0.326 e. The highest BCUT2D eigenvalue weighted by atomic mass is 32.2. The lowest BCUT2D eigenvalue weighted by Crippen LogP contribution is -2.32. The summed E-state index contributed by atoms with van der Waals surface area (Å²) in [6.07, 6.45) is -4.71. The molecule has 1 heterocycles.